The van der Waals surface area contributed by atoms with E-state index < -0.39 is 10.0 Å². The number of nitrogens with one attached hydrogen (secondary N) is 2. The zero-order chi connectivity index (χ0) is 12.0. The molecule has 0 aromatic carbocycles. The van der Waals surface area contributed by atoms with Gasteiger partial charge in [-0.2, -0.15) is 0 Å². The SMILES string of the molecule is CCN1CCCC1CNS(=O)(=O)CCNC. The Labute approximate surface area is 98.6 Å². The summed E-state index contributed by atoms with van der Waals surface area (Å²) in [6, 6.07) is 0.384. The molecule has 0 saturated carbocycles. The van der Waals surface area contributed by atoms with E-state index in [-0.39, 0.29) is 5.75 Å². The van der Waals surface area contributed by atoms with Crippen LogP contribution in [-0.2, 0) is 10.0 Å². The summed E-state index contributed by atoms with van der Waals surface area (Å²) >= 11 is 0. The lowest BCUT2D eigenvalue weighted by molar-refractivity contribution is 0.268. The van der Waals surface area contributed by atoms with Crippen LogP contribution in [0.25, 0.3) is 0 Å². The molecule has 0 aliphatic carbocycles. The predicted octanol–water partition coefficient (Wildman–Crippen LogP) is -0.390. The van der Waals surface area contributed by atoms with Gasteiger partial charge in [0.15, 0.2) is 0 Å². The Balaban J connectivity index is 2.33. The third-order valence-electron chi connectivity index (χ3n) is 3.06. The van der Waals surface area contributed by atoms with E-state index in [1.807, 2.05) is 0 Å². The molecule has 0 aromatic heterocycles. The Morgan fingerprint density at radius 3 is 2.81 bits per heavy atom. The highest BCUT2D eigenvalue weighted by molar-refractivity contribution is 7.89. The molecule has 96 valence electrons. The molecule has 0 amide bonds. The first-order chi connectivity index (χ1) is 7.59. The Hall–Kier alpha value is -0.170. The van der Waals surface area contributed by atoms with Crippen molar-refractivity contribution in [2.75, 3.05) is 39.0 Å². The van der Waals surface area contributed by atoms with E-state index in [0.717, 1.165) is 19.5 Å². The molecule has 0 bridgehead atoms. The molecular formula is C10H23N3O2S. The van der Waals surface area contributed by atoms with Crippen molar-refractivity contribution in [2.45, 2.75) is 25.8 Å². The van der Waals surface area contributed by atoms with Crippen molar-refractivity contribution in [3.05, 3.63) is 0 Å². The molecule has 6 heteroatoms. The molecule has 2 N–H and O–H groups in total. The van der Waals surface area contributed by atoms with Crippen molar-refractivity contribution in [3.8, 4) is 0 Å². The monoisotopic (exact) mass is 249 g/mol. The average Bonchev–Trinajstić information content (AvgIpc) is 2.71. The van der Waals surface area contributed by atoms with E-state index in [9.17, 15) is 8.42 Å². The van der Waals surface area contributed by atoms with Crippen LogP contribution in [0.3, 0.4) is 0 Å². The van der Waals surface area contributed by atoms with Crippen LogP contribution in [0.2, 0.25) is 0 Å². The van der Waals surface area contributed by atoms with Gasteiger partial charge >= 0.3 is 0 Å². The van der Waals surface area contributed by atoms with E-state index >= 15 is 0 Å². The summed E-state index contributed by atoms with van der Waals surface area (Å²) in [4.78, 5) is 2.33. The van der Waals surface area contributed by atoms with Gasteiger partial charge < -0.3 is 5.32 Å². The summed E-state index contributed by atoms with van der Waals surface area (Å²) in [7, 11) is -1.35. The number of hydrogen-bond acceptors (Lipinski definition) is 4. The molecule has 1 fully saturated rings. The largest absolute Gasteiger partial charge is 0.319 e. The van der Waals surface area contributed by atoms with E-state index in [0.29, 0.717) is 19.1 Å². The molecule has 1 heterocycles. The van der Waals surface area contributed by atoms with Crippen molar-refractivity contribution in [1.29, 1.82) is 0 Å². The van der Waals surface area contributed by atoms with Crippen molar-refractivity contribution in [3.63, 3.8) is 0 Å². The van der Waals surface area contributed by atoms with Crippen LogP contribution in [0.1, 0.15) is 19.8 Å². The molecule has 1 saturated heterocycles. The van der Waals surface area contributed by atoms with E-state index in [2.05, 4.69) is 21.9 Å². The first-order valence-electron chi connectivity index (χ1n) is 5.95. The standard InChI is InChI=1S/C10H23N3O2S/c1-3-13-7-4-5-10(13)9-12-16(14,15)8-6-11-2/h10-12H,3-9H2,1-2H3. The second kappa shape index (κ2) is 6.54. The molecule has 0 radical (unpaired) electrons. The molecule has 1 unspecified atom stereocenters. The molecule has 1 aliphatic rings. The van der Waals surface area contributed by atoms with Gasteiger partial charge in [-0.15, -0.1) is 0 Å². The van der Waals surface area contributed by atoms with Crippen LogP contribution in [0.5, 0.6) is 0 Å². The van der Waals surface area contributed by atoms with Crippen LogP contribution < -0.4 is 10.0 Å². The summed E-state index contributed by atoms with van der Waals surface area (Å²) in [6.07, 6.45) is 2.28. The van der Waals surface area contributed by atoms with Gasteiger partial charge in [-0.25, -0.2) is 13.1 Å². The molecular weight excluding hydrogens is 226 g/mol. The molecule has 1 aliphatic heterocycles. The quantitative estimate of drug-likeness (QED) is 0.645. The number of nitrogens with zero attached hydrogens (tertiary/aromatic N) is 1. The predicted molar refractivity (Wildman–Crippen MR) is 66.0 cm³/mol. The molecule has 1 atom stereocenters. The van der Waals surface area contributed by atoms with Gasteiger partial charge in [0.25, 0.3) is 0 Å². The molecule has 16 heavy (non-hydrogen) atoms. The fourth-order valence-corrected chi connectivity index (χ4v) is 3.14. The Kier molecular flexibility index (Phi) is 5.68. The number of likely N-dealkylation sites (tertiary alicyclic amines) is 1. The van der Waals surface area contributed by atoms with Crippen LogP contribution in [-0.4, -0.2) is 58.3 Å². The van der Waals surface area contributed by atoms with Crippen molar-refractivity contribution >= 4 is 10.0 Å². The van der Waals surface area contributed by atoms with E-state index in [4.69, 9.17) is 0 Å². The highest BCUT2D eigenvalue weighted by atomic mass is 32.2. The van der Waals surface area contributed by atoms with Crippen LogP contribution in [0, 0.1) is 0 Å². The summed E-state index contributed by atoms with van der Waals surface area (Å²) in [5.74, 6) is 0.155. The molecule has 0 aromatic rings. The minimum absolute atomic E-state index is 0.155. The van der Waals surface area contributed by atoms with Gasteiger partial charge in [0.1, 0.15) is 0 Å². The van der Waals surface area contributed by atoms with E-state index in [1.165, 1.54) is 6.42 Å². The van der Waals surface area contributed by atoms with Gasteiger partial charge in [-0.05, 0) is 33.0 Å². The second-order valence-corrected chi connectivity index (χ2v) is 6.12. The summed E-state index contributed by atoms with van der Waals surface area (Å²) in [5.41, 5.74) is 0. The van der Waals surface area contributed by atoms with Crippen LogP contribution in [0.4, 0.5) is 0 Å². The maximum absolute atomic E-state index is 11.6. The first kappa shape index (κ1) is 13.9. The topological polar surface area (TPSA) is 61.4 Å². The van der Waals surface area contributed by atoms with Crippen molar-refractivity contribution in [2.24, 2.45) is 0 Å². The smallest absolute Gasteiger partial charge is 0.212 e. The molecule has 1 rings (SSSR count). The van der Waals surface area contributed by atoms with Crippen LogP contribution >= 0.6 is 0 Å². The fraction of sp³-hybridized carbons (Fsp3) is 1.00. The molecule has 0 spiro atoms. The third kappa shape index (κ3) is 4.37. The number of rotatable bonds is 7. The van der Waals surface area contributed by atoms with Gasteiger partial charge in [-0.1, -0.05) is 6.92 Å². The Morgan fingerprint density at radius 1 is 1.44 bits per heavy atom. The number of sulfonamides is 1. The number of likely N-dealkylation sites (N-methyl/N-ethyl adjacent to an activating group) is 1. The van der Waals surface area contributed by atoms with Gasteiger partial charge in [0.05, 0.1) is 5.75 Å². The van der Waals surface area contributed by atoms with Gasteiger partial charge in [0, 0.05) is 19.1 Å². The Morgan fingerprint density at radius 2 is 2.19 bits per heavy atom. The first-order valence-corrected chi connectivity index (χ1v) is 7.60. The summed E-state index contributed by atoms with van der Waals surface area (Å²) < 4.78 is 25.8. The van der Waals surface area contributed by atoms with Crippen molar-refractivity contribution < 1.29 is 8.42 Å². The minimum Gasteiger partial charge on any atom is -0.319 e. The zero-order valence-corrected chi connectivity index (χ0v) is 11.0. The maximum Gasteiger partial charge on any atom is 0.212 e. The fourth-order valence-electron chi connectivity index (χ4n) is 2.07. The minimum atomic E-state index is -3.10. The van der Waals surface area contributed by atoms with E-state index in [1.54, 1.807) is 7.05 Å². The van der Waals surface area contributed by atoms with Gasteiger partial charge in [0.2, 0.25) is 10.0 Å². The average molecular weight is 249 g/mol. The summed E-state index contributed by atoms with van der Waals surface area (Å²) in [5, 5.41) is 2.84. The zero-order valence-electron chi connectivity index (χ0n) is 10.2. The highest BCUT2D eigenvalue weighted by Gasteiger charge is 2.24. The van der Waals surface area contributed by atoms with Gasteiger partial charge in [-0.3, -0.25) is 4.90 Å². The van der Waals surface area contributed by atoms with Crippen molar-refractivity contribution in [1.82, 2.24) is 14.9 Å². The third-order valence-corrected chi connectivity index (χ3v) is 4.41. The summed E-state index contributed by atoms with van der Waals surface area (Å²) in [6.45, 7) is 5.27. The van der Waals surface area contributed by atoms with Crippen LogP contribution in [0.15, 0.2) is 0 Å². The lowest BCUT2D eigenvalue weighted by Crippen LogP contribution is -2.41. The molecule has 5 nitrogen and oxygen atoms in total. The normalized spacial score (nSPS) is 22.8. The lowest BCUT2D eigenvalue weighted by atomic mass is 10.2. The maximum atomic E-state index is 11.6. The Bertz CT molecular complexity index is 292. The lowest BCUT2D eigenvalue weighted by Gasteiger charge is -2.22. The number of hydrogen-bond donors (Lipinski definition) is 2. The highest BCUT2D eigenvalue weighted by Crippen LogP contribution is 2.15. The second-order valence-electron chi connectivity index (χ2n) is 4.20.